The van der Waals surface area contributed by atoms with Gasteiger partial charge in [0.2, 0.25) is 11.1 Å². The number of anilines is 1. The van der Waals surface area contributed by atoms with Crippen LogP contribution in [0.4, 0.5) is 5.69 Å². The van der Waals surface area contributed by atoms with Gasteiger partial charge in [0.25, 0.3) is 0 Å². The lowest BCUT2D eigenvalue weighted by atomic mass is 10.3. The standard InChI is InChI=1S/C14H21N7OS/c1-3-11-12(8-20(2)17-11)15-13(22)9-23-14-16-18-19-21(14)10-6-4-5-7-10/h8,10H,3-7,9H2,1-2H3,(H,15,22). The zero-order valence-corrected chi connectivity index (χ0v) is 14.2. The summed E-state index contributed by atoms with van der Waals surface area (Å²) in [5.74, 6) is 0.212. The van der Waals surface area contributed by atoms with Crippen molar-refractivity contribution >= 4 is 23.4 Å². The normalized spacial score (nSPS) is 15.2. The number of rotatable bonds is 6. The lowest BCUT2D eigenvalue weighted by Crippen LogP contribution is -2.16. The summed E-state index contributed by atoms with van der Waals surface area (Å²) in [4.78, 5) is 12.2. The molecule has 1 aliphatic rings. The van der Waals surface area contributed by atoms with E-state index in [1.54, 1.807) is 4.68 Å². The number of thioether (sulfide) groups is 1. The van der Waals surface area contributed by atoms with Crippen LogP contribution in [0.2, 0.25) is 0 Å². The van der Waals surface area contributed by atoms with Crippen molar-refractivity contribution in [2.45, 2.75) is 50.2 Å². The average Bonchev–Trinajstić information content (AvgIpc) is 3.25. The van der Waals surface area contributed by atoms with Gasteiger partial charge in [-0.15, -0.1) is 5.10 Å². The van der Waals surface area contributed by atoms with E-state index in [9.17, 15) is 4.79 Å². The van der Waals surface area contributed by atoms with Crippen molar-refractivity contribution < 1.29 is 4.79 Å². The van der Waals surface area contributed by atoms with Crippen molar-refractivity contribution in [3.63, 3.8) is 0 Å². The Morgan fingerprint density at radius 2 is 2.22 bits per heavy atom. The second-order valence-corrected chi connectivity index (χ2v) is 6.64. The molecule has 3 rings (SSSR count). The van der Waals surface area contributed by atoms with Gasteiger partial charge in [-0.25, -0.2) is 4.68 Å². The highest BCUT2D eigenvalue weighted by Crippen LogP contribution is 2.31. The predicted molar refractivity (Wildman–Crippen MR) is 87.3 cm³/mol. The number of carbonyl (C=O) groups excluding carboxylic acids is 1. The molecule has 0 saturated heterocycles. The maximum absolute atomic E-state index is 12.2. The molecule has 1 aliphatic carbocycles. The van der Waals surface area contributed by atoms with Gasteiger partial charge in [-0.3, -0.25) is 9.48 Å². The SMILES string of the molecule is CCc1nn(C)cc1NC(=O)CSc1nnnn1C1CCCC1. The Balaban J connectivity index is 1.58. The van der Waals surface area contributed by atoms with E-state index < -0.39 is 0 Å². The lowest BCUT2D eigenvalue weighted by Gasteiger charge is -2.10. The van der Waals surface area contributed by atoms with Crippen LogP contribution in [0.3, 0.4) is 0 Å². The van der Waals surface area contributed by atoms with Gasteiger partial charge in [-0.05, 0) is 29.7 Å². The third-order valence-electron chi connectivity index (χ3n) is 3.98. The van der Waals surface area contributed by atoms with E-state index >= 15 is 0 Å². The van der Waals surface area contributed by atoms with Gasteiger partial charge in [-0.2, -0.15) is 5.10 Å². The molecule has 0 aromatic carbocycles. The number of nitrogens with one attached hydrogen (secondary N) is 1. The molecule has 0 aliphatic heterocycles. The highest BCUT2D eigenvalue weighted by Gasteiger charge is 2.22. The smallest absolute Gasteiger partial charge is 0.234 e. The summed E-state index contributed by atoms with van der Waals surface area (Å²) in [6.07, 6.45) is 7.26. The molecule has 1 saturated carbocycles. The number of carbonyl (C=O) groups is 1. The summed E-state index contributed by atoms with van der Waals surface area (Å²) < 4.78 is 3.58. The molecular formula is C14H21N7OS. The van der Waals surface area contributed by atoms with E-state index in [0.717, 1.165) is 30.6 Å². The zero-order valence-electron chi connectivity index (χ0n) is 13.4. The minimum Gasteiger partial charge on any atom is -0.322 e. The Morgan fingerprint density at radius 3 is 2.96 bits per heavy atom. The molecular weight excluding hydrogens is 314 g/mol. The molecule has 0 radical (unpaired) electrons. The van der Waals surface area contributed by atoms with Crippen molar-refractivity contribution in [2.24, 2.45) is 7.05 Å². The van der Waals surface area contributed by atoms with Crippen molar-refractivity contribution in [1.29, 1.82) is 0 Å². The van der Waals surface area contributed by atoms with Crippen LogP contribution in [0.25, 0.3) is 0 Å². The second kappa shape index (κ2) is 7.12. The van der Waals surface area contributed by atoms with E-state index in [1.807, 2.05) is 24.9 Å². The molecule has 1 N–H and O–H groups in total. The molecule has 23 heavy (non-hydrogen) atoms. The summed E-state index contributed by atoms with van der Waals surface area (Å²) in [6, 6.07) is 0.376. The van der Waals surface area contributed by atoms with Gasteiger partial charge in [0.15, 0.2) is 0 Å². The minimum absolute atomic E-state index is 0.0707. The zero-order chi connectivity index (χ0) is 16.2. The summed E-state index contributed by atoms with van der Waals surface area (Å²) in [5, 5.41) is 19.8. The predicted octanol–water partition coefficient (Wildman–Crippen LogP) is 1.81. The van der Waals surface area contributed by atoms with Crippen molar-refractivity contribution in [3.05, 3.63) is 11.9 Å². The van der Waals surface area contributed by atoms with E-state index in [1.165, 1.54) is 24.6 Å². The first kappa shape index (κ1) is 16.0. The van der Waals surface area contributed by atoms with Gasteiger partial charge < -0.3 is 5.32 Å². The number of hydrogen-bond donors (Lipinski definition) is 1. The van der Waals surface area contributed by atoms with Crippen LogP contribution < -0.4 is 5.32 Å². The van der Waals surface area contributed by atoms with E-state index in [0.29, 0.717) is 11.2 Å². The number of aryl methyl sites for hydroxylation is 2. The van der Waals surface area contributed by atoms with Crippen LogP contribution in [0.15, 0.2) is 11.4 Å². The fourth-order valence-electron chi connectivity index (χ4n) is 2.87. The summed E-state index contributed by atoms with van der Waals surface area (Å²) in [6.45, 7) is 2.02. The van der Waals surface area contributed by atoms with Crippen LogP contribution in [-0.2, 0) is 18.3 Å². The molecule has 8 nitrogen and oxygen atoms in total. The van der Waals surface area contributed by atoms with Gasteiger partial charge in [-0.1, -0.05) is 31.5 Å². The number of hydrogen-bond acceptors (Lipinski definition) is 6. The molecule has 2 aromatic heterocycles. The average molecular weight is 335 g/mol. The summed E-state index contributed by atoms with van der Waals surface area (Å²) in [7, 11) is 1.85. The van der Waals surface area contributed by atoms with Gasteiger partial charge >= 0.3 is 0 Å². The first-order valence-electron chi connectivity index (χ1n) is 7.90. The highest BCUT2D eigenvalue weighted by atomic mass is 32.2. The largest absolute Gasteiger partial charge is 0.322 e. The maximum atomic E-state index is 12.2. The highest BCUT2D eigenvalue weighted by molar-refractivity contribution is 7.99. The topological polar surface area (TPSA) is 90.5 Å². The van der Waals surface area contributed by atoms with E-state index in [-0.39, 0.29) is 11.7 Å². The number of amides is 1. The molecule has 0 spiro atoms. The van der Waals surface area contributed by atoms with Gasteiger partial charge in [0, 0.05) is 13.2 Å². The molecule has 124 valence electrons. The first-order valence-corrected chi connectivity index (χ1v) is 8.89. The molecule has 1 fully saturated rings. The van der Waals surface area contributed by atoms with Crippen molar-refractivity contribution in [3.8, 4) is 0 Å². The Bertz CT molecular complexity index is 674. The quantitative estimate of drug-likeness (QED) is 0.810. The fourth-order valence-corrected chi connectivity index (χ4v) is 3.62. The molecule has 9 heteroatoms. The van der Waals surface area contributed by atoms with Crippen LogP contribution in [0.5, 0.6) is 0 Å². The lowest BCUT2D eigenvalue weighted by molar-refractivity contribution is -0.113. The Morgan fingerprint density at radius 1 is 1.43 bits per heavy atom. The fraction of sp³-hybridized carbons (Fsp3) is 0.643. The van der Waals surface area contributed by atoms with Gasteiger partial charge in [0.05, 0.1) is 23.2 Å². The molecule has 0 atom stereocenters. The molecule has 0 unspecified atom stereocenters. The van der Waals surface area contributed by atoms with Crippen LogP contribution in [0, 0.1) is 0 Å². The first-order chi connectivity index (χ1) is 11.2. The molecule has 2 aromatic rings. The second-order valence-electron chi connectivity index (χ2n) is 5.70. The van der Waals surface area contributed by atoms with Crippen LogP contribution in [0.1, 0.15) is 44.3 Å². The Hall–Kier alpha value is -1.90. The van der Waals surface area contributed by atoms with E-state index in [2.05, 4.69) is 25.9 Å². The summed E-state index contributed by atoms with van der Waals surface area (Å²) in [5.41, 5.74) is 1.66. The number of aromatic nitrogens is 6. The third kappa shape index (κ3) is 3.72. The Labute approximate surface area is 139 Å². The minimum atomic E-state index is -0.0707. The molecule has 2 heterocycles. The number of nitrogens with zero attached hydrogens (tertiary/aromatic N) is 6. The monoisotopic (exact) mass is 335 g/mol. The van der Waals surface area contributed by atoms with E-state index in [4.69, 9.17) is 0 Å². The maximum Gasteiger partial charge on any atom is 0.234 e. The number of tetrazole rings is 1. The third-order valence-corrected chi connectivity index (χ3v) is 4.91. The molecule has 0 bridgehead atoms. The van der Waals surface area contributed by atoms with Crippen molar-refractivity contribution in [2.75, 3.05) is 11.1 Å². The van der Waals surface area contributed by atoms with Crippen LogP contribution >= 0.6 is 11.8 Å². The Kier molecular flexibility index (Phi) is 4.94. The summed E-state index contributed by atoms with van der Waals surface area (Å²) >= 11 is 1.38. The van der Waals surface area contributed by atoms with Crippen LogP contribution in [-0.4, -0.2) is 41.6 Å². The molecule has 1 amide bonds. The van der Waals surface area contributed by atoms with Crippen molar-refractivity contribution in [1.82, 2.24) is 30.0 Å². The van der Waals surface area contributed by atoms with Gasteiger partial charge in [0.1, 0.15) is 0 Å².